The van der Waals surface area contributed by atoms with Crippen LogP contribution in [0.2, 0.25) is 0 Å². The minimum atomic E-state index is 0.516. The molecule has 0 aromatic carbocycles. The molecule has 16 heavy (non-hydrogen) atoms. The molecule has 1 aromatic rings. The third kappa shape index (κ3) is 1.45. The van der Waals surface area contributed by atoms with Gasteiger partial charge in [-0.05, 0) is 12.8 Å². The monoisotopic (exact) mass is 216 g/mol. The van der Waals surface area contributed by atoms with Gasteiger partial charge in [0.1, 0.15) is 12.1 Å². The molecular formula is C12H16N4. The molecule has 0 bridgehead atoms. The van der Waals surface area contributed by atoms with Gasteiger partial charge >= 0.3 is 0 Å². The van der Waals surface area contributed by atoms with Crippen molar-refractivity contribution in [3.63, 3.8) is 0 Å². The van der Waals surface area contributed by atoms with E-state index in [0.29, 0.717) is 5.92 Å². The van der Waals surface area contributed by atoms with Crippen LogP contribution in [0.25, 0.3) is 11.9 Å². The highest BCUT2D eigenvalue weighted by atomic mass is 15.0. The van der Waals surface area contributed by atoms with Crippen molar-refractivity contribution in [3.05, 3.63) is 16.9 Å². The number of anilines is 1. The molecule has 3 rings (SSSR count). The number of nitrogens with one attached hydrogen (secondary N) is 1. The zero-order chi connectivity index (χ0) is 11.0. The van der Waals surface area contributed by atoms with Crippen LogP contribution in [0.15, 0.2) is 6.33 Å². The highest BCUT2D eigenvalue weighted by molar-refractivity contribution is 5.64. The molecule has 1 fully saturated rings. The number of rotatable bonds is 1. The third-order valence-electron chi connectivity index (χ3n) is 3.56. The molecule has 84 valence electrons. The van der Waals surface area contributed by atoms with Crippen molar-refractivity contribution in [1.82, 2.24) is 9.97 Å². The van der Waals surface area contributed by atoms with Gasteiger partial charge < -0.3 is 11.1 Å². The standard InChI is InChI=1S/C12H16N4/c13-10(8-4-2-1-3-5-8)11-9-6-14-12(9)16-7-15-11/h6-8H,1-5,13H2,(H,14,15,16)/b11-10-. The van der Waals surface area contributed by atoms with E-state index in [4.69, 9.17) is 5.73 Å². The first-order valence-corrected chi connectivity index (χ1v) is 5.93. The molecule has 0 atom stereocenters. The molecule has 1 aliphatic heterocycles. The van der Waals surface area contributed by atoms with Gasteiger partial charge in [-0.2, -0.15) is 0 Å². The molecule has 4 heteroatoms. The van der Waals surface area contributed by atoms with Gasteiger partial charge in [0, 0.05) is 17.8 Å². The normalized spacial score (nSPS) is 21.2. The Bertz CT molecular complexity index is 514. The van der Waals surface area contributed by atoms with E-state index in [9.17, 15) is 0 Å². The van der Waals surface area contributed by atoms with Crippen molar-refractivity contribution >= 4 is 17.7 Å². The van der Waals surface area contributed by atoms with E-state index in [1.807, 2.05) is 6.20 Å². The maximum atomic E-state index is 6.25. The van der Waals surface area contributed by atoms with Gasteiger partial charge in [-0.3, -0.25) is 0 Å². The summed E-state index contributed by atoms with van der Waals surface area (Å²) in [6, 6.07) is 0. The Morgan fingerprint density at radius 2 is 2.06 bits per heavy atom. The SMILES string of the molecule is N/C(=c1\ncnc2c1=CN2)C1CCCCC1. The predicted octanol–water partition coefficient (Wildman–Crippen LogP) is 0.287. The molecule has 2 aliphatic rings. The smallest absolute Gasteiger partial charge is 0.142 e. The van der Waals surface area contributed by atoms with Gasteiger partial charge in [0.25, 0.3) is 0 Å². The maximum absolute atomic E-state index is 6.25. The van der Waals surface area contributed by atoms with Crippen molar-refractivity contribution in [3.8, 4) is 0 Å². The molecule has 0 unspecified atom stereocenters. The summed E-state index contributed by atoms with van der Waals surface area (Å²) in [4.78, 5) is 8.45. The van der Waals surface area contributed by atoms with E-state index in [0.717, 1.165) is 22.1 Å². The first-order chi connectivity index (χ1) is 7.86. The molecule has 2 heterocycles. The number of nitrogens with two attached hydrogens (primary N) is 1. The fraction of sp³-hybridized carbons (Fsp3) is 0.500. The summed E-state index contributed by atoms with van der Waals surface area (Å²) in [5.41, 5.74) is 7.21. The zero-order valence-electron chi connectivity index (χ0n) is 9.24. The van der Waals surface area contributed by atoms with Crippen molar-refractivity contribution in [2.24, 2.45) is 11.7 Å². The highest BCUT2D eigenvalue weighted by Gasteiger charge is 2.18. The molecule has 4 nitrogen and oxygen atoms in total. The van der Waals surface area contributed by atoms with Crippen LogP contribution in [0.4, 0.5) is 5.82 Å². The summed E-state index contributed by atoms with van der Waals surface area (Å²) in [5.74, 6) is 1.42. The molecule has 0 radical (unpaired) electrons. The Morgan fingerprint density at radius 3 is 2.75 bits per heavy atom. The Kier molecular flexibility index (Phi) is 2.27. The first kappa shape index (κ1) is 9.63. The fourth-order valence-electron chi connectivity index (χ4n) is 2.55. The van der Waals surface area contributed by atoms with Crippen LogP contribution in [0.3, 0.4) is 0 Å². The van der Waals surface area contributed by atoms with E-state index in [1.165, 1.54) is 32.1 Å². The largest absolute Gasteiger partial charge is 0.400 e. The van der Waals surface area contributed by atoms with Crippen LogP contribution in [0.5, 0.6) is 0 Å². The average Bonchev–Trinajstić information content (AvgIpc) is 2.31. The molecule has 0 amide bonds. The molecule has 1 aromatic heterocycles. The quantitative estimate of drug-likeness (QED) is 0.708. The molecule has 0 spiro atoms. The van der Waals surface area contributed by atoms with Gasteiger partial charge in [0.2, 0.25) is 0 Å². The zero-order valence-corrected chi connectivity index (χ0v) is 9.24. The van der Waals surface area contributed by atoms with Crippen molar-refractivity contribution in [2.75, 3.05) is 5.32 Å². The molecule has 1 saturated carbocycles. The predicted molar refractivity (Wildman–Crippen MR) is 63.5 cm³/mol. The third-order valence-corrected chi connectivity index (χ3v) is 3.56. The summed E-state index contributed by atoms with van der Waals surface area (Å²) in [6.45, 7) is 0. The summed E-state index contributed by atoms with van der Waals surface area (Å²) < 4.78 is 0. The van der Waals surface area contributed by atoms with Gasteiger partial charge in [0.15, 0.2) is 0 Å². The summed E-state index contributed by atoms with van der Waals surface area (Å²) in [5, 5.41) is 5.06. The lowest BCUT2D eigenvalue weighted by molar-refractivity contribution is 0.424. The van der Waals surface area contributed by atoms with Crippen LogP contribution in [-0.4, -0.2) is 9.97 Å². The Balaban J connectivity index is 2.07. The van der Waals surface area contributed by atoms with Crippen LogP contribution in [0.1, 0.15) is 32.1 Å². The van der Waals surface area contributed by atoms with E-state index in [-0.39, 0.29) is 0 Å². The number of hydrogen-bond donors (Lipinski definition) is 2. The van der Waals surface area contributed by atoms with Gasteiger partial charge in [-0.1, -0.05) is 19.3 Å². The highest BCUT2D eigenvalue weighted by Crippen LogP contribution is 2.27. The van der Waals surface area contributed by atoms with Gasteiger partial charge in [0.05, 0.1) is 10.6 Å². The molecule has 3 N–H and O–H groups in total. The van der Waals surface area contributed by atoms with Crippen LogP contribution >= 0.6 is 0 Å². The minimum absolute atomic E-state index is 0.516. The maximum Gasteiger partial charge on any atom is 0.142 e. The van der Waals surface area contributed by atoms with E-state index in [1.54, 1.807) is 6.33 Å². The molecular weight excluding hydrogens is 200 g/mol. The van der Waals surface area contributed by atoms with E-state index < -0.39 is 0 Å². The number of hydrogen-bond acceptors (Lipinski definition) is 4. The summed E-state index contributed by atoms with van der Waals surface area (Å²) >= 11 is 0. The Hall–Kier alpha value is -1.58. The van der Waals surface area contributed by atoms with Crippen LogP contribution in [0, 0.1) is 5.92 Å². The van der Waals surface area contributed by atoms with Gasteiger partial charge in [-0.15, -0.1) is 0 Å². The number of nitrogens with zero attached hydrogens (tertiary/aromatic N) is 2. The van der Waals surface area contributed by atoms with E-state index in [2.05, 4.69) is 15.3 Å². The molecule has 1 aliphatic carbocycles. The lowest BCUT2D eigenvalue weighted by Crippen LogP contribution is -2.42. The van der Waals surface area contributed by atoms with E-state index >= 15 is 0 Å². The average molecular weight is 216 g/mol. The Labute approximate surface area is 94.3 Å². The number of fused-ring (bicyclic) bond motifs is 1. The van der Waals surface area contributed by atoms with Crippen molar-refractivity contribution in [2.45, 2.75) is 32.1 Å². The lowest BCUT2D eigenvalue weighted by Gasteiger charge is -2.22. The first-order valence-electron chi connectivity index (χ1n) is 5.93. The fourth-order valence-corrected chi connectivity index (χ4v) is 2.55. The topological polar surface area (TPSA) is 63.8 Å². The summed E-state index contributed by atoms with van der Waals surface area (Å²) in [7, 11) is 0. The van der Waals surface area contributed by atoms with Crippen molar-refractivity contribution in [1.29, 1.82) is 0 Å². The van der Waals surface area contributed by atoms with Crippen molar-refractivity contribution < 1.29 is 0 Å². The summed E-state index contributed by atoms with van der Waals surface area (Å²) in [6.07, 6.45) is 9.86. The molecule has 0 saturated heterocycles. The van der Waals surface area contributed by atoms with Crippen LogP contribution < -0.4 is 21.6 Å². The Morgan fingerprint density at radius 1 is 1.25 bits per heavy atom. The van der Waals surface area contributed by atoms with Crippen LogP contribution in [-0.2, 0) is 0 Å². The minimum Gasteiger partial charge on any atom is -0.400 e. The second-order valence-corrected chi connectivity index (χ2v) is 4.56. The second-order valence-electron chi connectivity index (χ2n) is 4.56. The lowest BCUT2D eigenvalue weighted by atomic mass is 9.87. The van der Waals surface area contributed by atoms with Gasteiger partial charge in [-0.25, -0.2) is 9.97 Å². The second kappa shape index (κ2) is 3.77. The number of aromatic nitrogens is 2.